The van der Waals surface area contributed by atoms with Gasteiger partial charge in [-0.15, -0.1) is 0 Å². The number of nitrogens with one attached hydrogen (secondary N) is 2. The van der Waals surface area contributed by atoms with Crippen LogP contribution in [-0.2, 0) is 13.0 Å². The first-order valence-electron chi connectivity index (χ1n) is 10.0. The van der Waals surface area contributed by atoms with Crippen molar-refractivity contribution in [2.24, 2.45) is 0 Å². The van der Waals surface area contributed by atoms with Gasteiger partial charge >= 0.3 is 0 Å². The average Bonchev–Trinajstić information content (AvgIpc) is 3.15. The van der Waals surface area contributed by atoms with Crippen molar-refractivity contribution in [3.63, 3.8) is 0 Å². The second kappa shape index (κ2) is 8.55. The van der Waals surface area contributed by atoms with E-state index in [4.69, 9.17) is 0 Å². The molecule has 3 nitrogen and oxygen atoms in total. The fraction of sp³-hybridized carbons (Fsp3) is 0.333. The van der Waals surface area contributed by atoms with Gasteiger partial charge in [-0.25, -0.2) is 0 Å². The molecule has 1 aliphatic rings. The van der Waals surface area contributed by atoms with E-state index in [2.05, 4.69) is 59.0 Å². The molecule has 3 heteroatoms. The normalized spacial score (nSPS) is 17.2. The van der Waals surface area contributed by atoms with Crippen LogP contribution in [0.1, 0.15) is 42.4 Å². The fourth-order valence-corrected chi connectivity index (χ4v) is 4.23. The topological polar surface area (TPSA) is 48.0 Å². The number of fused-ring (bicyclic) bond motifs is 1. The van der Waals surface area contributed by atoms with Crippen LogP contribution >= 0.6 is 0 Å². The van der Waals surface area contributed by atoms with Crippen LogP contribution in [0.25, 0.3) is 16.5 Å². The first kappa shape index (κ1) is 18.0. The predicted octanol–water partition coefficient (Wildman–Crippen LogP) is 4.82. The van der Waals surface area contributed by atoms with Crippen LogP contribution in [0.15, 0.2) is 60.8 Å². The highest BCUT2D eigenvalue weighted by Crippen LogP contribution is 2.26. The van der Waals surface area contributed by atoms with Gasteiger partial charge in [0.2, 0.25) is 0 Å². The summed E-state index contributed by atoms with van der Waals surface area (Å²) in [7, 11) is 0. The van der Waals surface area contributed by atoms with Crippen molar-refractivity contribution < 1.29 is 5.11 Å². The second-order valence-electron chi connectivity index (χ2n) is 7.46. The van der Waals surface area contributed by atoms with E-state index in [-0.39, 0.29) is 6.61 Å². The molecule has 1 unspecified atom stereocenters. The minimum absolute atomic E-state index is 0.1000. The molecule has 3 N–H and O–H groups in total. The molecule has 0 fully saturated rings. The van der Waals surface area contributed by atoms with Crippen LogP contribution in [0.5, 0.6) is 0 Å². The van der Waals surface area contributed by atoms with Gasteiger partial charge in [0.15, 0.2) is 0 Å². The molecule has 0 spiro atoms. The molecule has 0 aliphatic carbocycles. The number of rotatable bonds is 7. The van der Waals surface area contributed by atoms with Gasteiger partial charge < -0.3 is 15.4 Å². The van der Waals surface area contributed by atoms with Crippen LogP contribution in [0.2, 0.25) is 0 Å². The molecule has 1 aliphatic heterocycles. The largest absolute Gasteiger partial charge is 0.392 e. The smallest absolute Gasteiger partial charge is 0.0688 e. The minimum Gasteiger partial charge on any atom is -0.392 e. The lowest BCUT2D eigenvalue weighted by atomic mass is 9.92. The predicted molar refractivity (Wildman–Crippen MR) is 113 cm³/mol. The Morgan fingerprint density at radius 3 is 2.70 bits per heavy atom. The van der Waals surface area contributed by atoms with E-state index in [1.165, 1.54) is 41.3 Å². The highest BCUT2D eigenvalue weighted by Gasteiger charge is 2.16. The number of aryl methyl sites for hydroxylation is 1. The zero-order valence-electron chi connectivity index (χ0n) is 15.7. The molecule has 27 heavy (non-hydrogen) atoms. The summed E-state index contributed by atoms with van der Waals surface area (Å²) < 4.78 is 0. The molecule has 0 bridgehead atoms. The highest BCUT2D eigenvalue weighted by atomic mass is 16.3. The van der Waals surface area contributed by atoms with E-state index >= 15 is 0 Å². The lowest BCUT2D eigenvalue weighted by molar-refractivity contribution is 0.283. The molecular weight excluding hydrogens is 332 g/mol. The zero-order valence-corrected chi connectivity index (χ0v) is 15.7. The number of aromatic nitrogens is 1. The third-order valence-corrected chi connectivity index (χ3v) is 5.66. The third-order valence-electron chi connectivity index (χ3n) is 5.66. The first-order valence-corrected chi connectivity index (χ1v) is 10.0. The number of aromatic amines is 1. The van der Waals surface area contributed by atoms with Crippen LogP contribution in [0.4, 0.5) is 0 Å². The molecule has 2 heterocycles. The number of aliphatic hydroxyl groups is 1. The van der Waals surface area contributed by atoms with Crippen molar-refractivity contribution in [3.8, 4) is 0 Å². The molecule has 0 radical (unpaired) electrons. The van der Waals surface area contributed by atoms with Gasteiger partial charge in [-0.1, -0.05) is 55.0 Å². The summed E-state index contributed by atoms with van der Waals surface area (Å²) in [4.78, 5) is 3.35. The maximum absolute atomic E-state index is 9.61. The monoisotopic (exact) mass is 360 g/mol. The Bertz CT molecular complexity index is 911. The van der Waals surface area contributed by atoms with Gasteiger partial charge in [-0.05, 0) is 54.0 Å². The molecule has 1 aromatic heterocycles. The molecule has 1 atom stereocenters. The van der Waals surface area contributed by atoms with E-state index in [1.807, 2.05) is 12.1 Å². The average molecular weight is 361 g/mol. The van der Waals surface area contributed by atoms with Gasteiger partial charge in [0, 0.05) is 29.7 Å². The molecular formula is C24H28N2O. The summed E-state index contributed by atoms with van der Waals surface area (Å²) in [6.07, 6.45) is 10.2. The van der Waals surface area contributed by atoms with Crippen molar-refractivity contribution in [2.75, 3.05) is 6.54 Å². The Hall–Kier alpha value is -2.36. The Morgan fingerprint density at radius 1 is 0.963 bits per heavy atom. The van der Waals surface area contributed by atoms with Crippen molar-refractivity contribution in [1.82, 2.24) is 10.3 Å². The van der Waals surface area contributed by atoms with E-state index in [0.29, 0.717) is 6.04 Å². The summed E-state index contributed by atoms with van der Waals surface area (Å²) in [6.45, 7) is 1.07. The number of aliphatic hydroxyl groups excluding tert-OH is 1. The molecule has 4 rings (SSSR count). The lowest BCUT2D eigenvalue weighted by Crippen LogP contribution is -2.32. The van der Waals surface area contributed by atoms with E-state index < -0.39 is 0 Å². The number of hydrogen-bond acceptors (Lipinski definition) is 2. The number of hydrogen-bond donors (Lipinski definition) is 3. The fourth-order valence-electron chi connectivity index (χ4n) is 4.23. The van der Waals surface area contributed by atoms with Crippen LogP contribution in [-0.4, -0.2) is 22.7 Å². The van der Waals surface area contributed by atoms with Gasteiger partial charge in [0.05, 0.1) is 6.61 Å². The van der Waals surface area contributed by atoms with Crippen molar-refractivity contribution in [2.45, 2.75) is 44.8 Å². The maximum atomic E-state index is 9.61. The van der Waals surface area contributed by atoms with Crippen LogP contribution in [0.3, 0.4) is 0 Å². The molecule has 140 valence electrons. The van der Waals surface area contributed by atoms with Crippen molar-refractivity contribution in [1.29, 1.82) is 0 Å². The van der Waals surface area contributed by atoms with Crippen LogP contribution < -0.4 is 5.32 Å². The Kier molecular flexibility index (Phi) is 5.71. The van der Waals surface area contributed by atoms with E-state index in [0.717, 1.165) is 30.5 Å². The summed E-state index contributed by atoms with van der Waals surface area (Å²) in [5, 5.41) is 14.5. The Balaban J connectivity index is 1.30. The third kappa shape index (κ3) is 4.15. The first-order chi connectivity index (χ1) is 13.3. The molecule has 0 saturated heterocycles. The summed E-state index contributed by atoms with van der Waals surface area (Å²) in [5.41, 5.74) is 6.32. The van der Waals surface area contributed by atoms with Gasteiger partial charge in [0.1, 0.15) is 0 Å². The summed E-state index contributed by atoms with van der Waals surface area (Å²) >= 11 is 0. The Labute approximate surface area is 161 Å². The van der Waals surface area contributed by atoms with Crippen molar-refractivity contribution >= 4 is 16.5 Å². The SMILES string of the molecule is OCc1cccc2[nH]cc(CCCCC3CC(c4ccccc4)=CCN3)c12. The number of unbranched alkanes of at least 4 members (excludes halogenated alkanes) is 1. The quantitative estimate of drug-likeness (QED) is 0.529. The number of H-pyrrole nitrogens is 1. The van der Waals surface area contributed by atoms with Crippen molar-refractivity contribution in [3.05, 3.63) is 77.5 Å². The van der Waals surface area contributed by atoms with Gasteiger partial charge in [-0.3, -0.25) is 0 Å². The molecule has 0 amide bonds. The van der Waals surface area contributed by atoms with Gasteiger partial charge in [-0.2, -0.15) is 0 Å². The van der Waals surface area contributed by atoms with E-state index in [9.17, 15) is 5.11 Å². The molecule has 0 saturated carbocycles. The zero-order chi connectivity index (χ0) is 18.5. The van der Waals surface area contributed by atoms with Crippen LogP contribution in [0, 0.1) is 0 Å². The highest BCUT2D eigenvalue weighted by molar-refractivity contribution is 5.86. The second-order valence-corrected chi connectivity index (χ2v) is 7.46. The van der Waals surface area contributed by atoms with Gasteiger partial charge in [0.25, 0.3) is 0 Å². The lowest BCUT2D eigenvalue weighted by Gasteiger charge is -2.24. The maximum Gasteiger partial charge on any atom is 0.0688 e. The van der Waals surface area contributed by atoms with E-state index in [1.54, 1.807) is 0 Å². The number of benzene rings is 2. The minimum atomic E-state index is 0.1000. The molecule has 2 aromatic carbocycles. The summed E-state index contributed by atoms with van der Waals surface area (Å²) in [6, 6.07) is 17.4. The Morgan fingerprint density at radius 2 is 1.85 bits per heavy atom. The summed E-state index contributed by atoms with van der Waals surface area (Å²) in [5.74, 6) is 0. The molecule has 3 aromatic rings. The standard InChI is InChI=1S/C24H28N2O/c27-17-21-10-6-12-23-24(21)20(16-26-23)9-4-5-11-22-15-19(13-14-25-22)18-7-2-1-3-8-18/h1-3,6-8,10,12-13,16,22,25-27H,4-5,9,11,14-15,17H2.